The second-order valence-corrected chi connectivity index (χ2v) is 7.43. The minimum absolute atomic E-state index is 0.0973. The zero-order valence-corrected chi connectivity index (χ0v) is 16.4. The van der Waals surface area contributed by atoms with Crippen molar-refractivity contribution in [3.8, 4) is 5.75 Å². The van der Waals surface area contributed by atoms with E-state index in [0.717, 1.165) is 41.8 Å². The fraction of sp³-hybridized carbons (Fsp3) is 0.240. The highest BCUT2D eigenvalue weighted by Gasteiger charge is 2.23. The number of rotatable bonds is 4. The summed E-state index contributed by atoms with van der Waals surface area (Å²) in [5, 5.41) is 0. The lowest BCUT2D eigenvalue weighted by molar-refractivity contribution is 0.0734. The van der Waals surface area contributed by atoms with Crippen LogP contribution in [0.2, 0.25) is 0 Å². The number of methoxy groups -OCH3 is 1. The molecule has 142 valence electrons. The predicted molar refractivity (Wildman–Crippen MR) is 112 cm³/mol. The van der Waals surface area contributed by atoms with Crippen molar-refractivity contribution in [1.29, 1.82) is 0 Å². The summed E-state index contributed by atoms with van der Waals surface area (Å²) in [6.07, 6.45) is 1.72. The monoisotopic (exact) mass is 371 g/mol. The molecule has 1 heterocycles. The number of aryl methyl sites for hydroxylation is 1. The third-order valence-corrected chi connectivity index (χ3v) is 5.44. The summed E-state index contributed by atoms with van der Waals surface area (Å²) in [7, 11) is 1.69. The molecule has 0 fully saturated rings. The third-order valence-electron chi connectivity index (χ3n) is 5.44. The summed E-state index contributed by atoms with van der Waals surface area (Å²) in [6.45, 7) is 3.45. The first-order valence-corrected chi connectivity index (χ1v) is 9.72. The SMILES string of the molecule is COc1cc2c(cc1C)CCN(C(=O)c1cccc(Cc3ccccc3)c1)C2. The van der Waals surface area contributed by atoms with Gasteiger partial charge in [0.15, 0.2) is 0 Å². The summed E-state index contributed by atoms with van der Waals surface area (Å²) in [5.41, 5.74) is 6.82. The number of amides is 1. The quantitative estimate of drug-likeness (QED) is 0.660. The molecule has 0 aliphatic carbocycles. The van der Waals surface area contributed by atoms with E-state index in [1.54, 1.807) is 7.11 Å². The molecule has 0 radical (unpaired) electrons. The Kier molecular flexibility index (Phi) is 5.16. The number of fused-ring (bicyclic) bond motifs is 1. The van der Waals surface area contributed by atoms with Crippen molar-refractivity contribution in [2.45, 2.75) is 26.3 Å². The van der Waals surface area contributed by atoms with E-state index in [1.165, 1.54) is 16.7 Å². The van der Waals surface area contributed by atoms with Gasteiger partial charge in [-0.05, 0) is 65.8 Å². The summed E-state index contributed by atoms with van der Waals surface area (Å²) < 4.78 is 5.46. The van der Waals surface area contributed by atoms with E-state index in [9.17, 15) is 4.79 Å². The average Bonchev–Trinajstić information content (AvgIpc) is 2.73. The van der Waals surface area contributed by atoms with Gasteiger partial charge in [0, 0.05) is 18.7 Å². The highest BCUT2D eigenvalue weighted by Crippen LogP contribution is 2.28. The number of hydrogen-bond acceptors (Lipinski definition) is 2. The molecule has 1 aliphatic heterocycles. The van der Waals surface area contributed by atoms with Gasteiger partial charge in [-0.3, -0.25) is 4.79 Å². The summed E-state index contributed by atoms with van der Waals surface area (Å²) >= 11 is 0. The Morgan fingerprint density at radius 1 is 0.964 bits per heavy atom. The Balaban J connectivity index is 1.53. The summed E-state index contributed by atoms with van der Waals surface area (Å²) in [4.78, 5) is 15.1. The predicted octanol–water partition coefficient (Wildman–Crippen LogP) is 4.79. The molecule has 0 atom stereocenters. The number of carbonyl (C=O) groups excluding carboxylic acids is 1. The lowest BCUT2D eigenvalue weighted by Crippen LogP contribution is -2.36. The van der Waals surface area contributed by atoms with E-state index in [1.807, 2.05) is 41.3 Å². The maximum atomic E-state index is 13.1. The first-order valence-electron chi connectivity index (χ1n) is 9.72. The number of hydrogen-bond donors (Lipinski definition) is 0. The van der Waals surface area contributed by atoms with Crippen molar-refractivity contribution in [2.24, 2.45) is 0 Å². The van der Waals surface area contributed by atoms with Crippen LogP contribution in [0.1, 0.15) is 38.2 Å². The van der Waals surface area contributed by atoms with Crippen LogP contribution in [0, 0.1) is 6.92 Å². The van der Waals surface area contributed by atoms with E-state index < -0.39 is 0 Å². The van der Waals surface area contributed by atoms with Crippen LogP contribution in [0.4, 0.5) is 0 Å². The van der Waals surface area contributed by atoms with Gasteiger partial charge in [-0.2, -0.15) is 0 Å². The van der Waals surface area contributed by atoms with E-state index in [4.69, 9.17) is 4.74 Å². The van der Waals surface area contributed by atoms with Crippen LogP contribution in [0.5, 0.6) is 5.75 Å². The van der Waals surface area contributed by atoms with Crippen molar-refractivity contribution in [3.05, 3.63) is 100 Å². The normalized spacial score (nSPS) is 13.1. The van der Waals surface area contributed by atoms with Gasteiger partial charge in [0.2, 0.25) is 0 Å². The van der Waals surface area contributed by atoms with E-state index in [-0.39, 0.29) is 5.91 Å². The van der Waals surface area contributed by atoms with Crippen molar-refractivity contribution in [3.63, 3.8) is 0 Å². The van der Waals surface area contributed by atoms with Gasteiger partial charge in [0.05, 0.1) is 7.11 Å². The van der Waals surface area contributed by atoms with Gasteiger partial charge in [0.25, 0.3) is 5.91 Å². The molecule has 0 N–H and O–H groups in total. The molecule has 3 heteroatoms. The molecule has 0 aromatic heterocycles. The summed E-state index contributed by atoms with van der Waals surface area (Å²) in [6, 6.07) is 22.6. The molecule has 4 rings (SSSR count). The van der Waals surface area contributed by atoms with Crippen molar-refractivity contribution >= 4 is 5.91 Å². The molecule has 28 heavy (non-hydrogen) atoms. The van der Waals surface area contributed by atoms with Gasteiger partial charge in [0.1, 0.15) is 5.75 Å². The van der Waals surface area contributed by atoms with Gasteiger partial charge in [-0.1, -0.05) is 48.5 Å². The molecule has 0 saturated carbocycles. The van der Waals surface area contributed by atoms with Crippen molar-refractivity contribution in [2.75, 3.05) is 13.7 Å². The fourth-order valence-corrected chi connectivity index (χ4v) is 3.93. The minimum Gasteiger partial charge on any atom is -0.496 e. The molecular formula is C25H25NO2. The second kappa shape index (κ2) is 7.89. The van der Waals surface area contributed by atoms with E-state index >= 15 is 0 Å². The lowest BCUT2D eigenvalue weighted by Gasteiger charge is -2.30. The zero-order valence-electron chi connectivity index (χ0n) is 16.4. The van der Waals surface area contributed by atoms with Crippen LogP contribution in [-0.4, -0.2) is 24.5 Å². The topological polar surface area (TPSA) is 29.5 Å². The average molecular weight is 371 g/mol. The molecule has 0 spiro atoms. The third kappa shape index (κ3) is 3.79. The number of carbonyl (C=O) groups is 1. The molecule has 0 saturated heterocycles. The maximum Gasteiger partial charge on any atom is 0.254 e. The van der Waals surface area contributed by atoms with Crippen molar-refractivity contribution in [1.82, 2.24) is 4.90 Å². The molecule has 1 aliphatic rings. The van der Waals surface area contributed by atoms with Gasteiger partial charge >= 0.3 is 0 Å². The fourth-order valence-electron chi connectivity index (χ4n) is 3.93. The largest absolute Gasteiger partial charge is 0.496 e. The highest BCUT2D eigenvalue weighted by molar-refractivity contribution is 5.94. The minimum atomic E-state index is 0.0973. The lowest BCUT2D eigenvalue weighted by atomic mass is 9.96. The molecule has 0 unspecified atom stereocenters. The molecule has 0 bridgehead atoms. The number of benzene rings is 3. The van der Waals surface area contributed by atoms with Crippen molar-refractivity contribution < 1.29 is 9.53 Å². The first-order chi connectivity index (χ1) is 13.6. The van der Waals surface area contributed by atoms with E-state index in [0.29, 0.717) is 6.54 Å². The molecule has 3 nitrogen and oxygen atoms in total. The van der Waals surface area contributed by atoms with Crippen LogP contribution in [-0.2, 0) is 19.4 Å². The molecule has 3 aromatic rings. The van der Waals surface area contributed by atoms with Crippen LogP contribution in [0.25, 0.3) is 0 Å². The zero-order chi connectivity index (χ0) is 19.5. The van der Waals surface area contributed by atoms with Gasteiger partial charge in [-0.25, -0.2) is 0 Å². The Labute approximate surface area is 166 Å². The molecular weight excluding hydrogens is 346 g/mol. The number of nitrogens with zero attached hydrogens (tertiary/aromatic N) is 1. The van der Waals surface area contributed by atoms with E-state index in [2.05, 4.69) is 37.3 Å². The smallest absolute Gasteiger partial charge is 0.254 e. The van der Waals surface area contributed by atoms with Crippen LogP contribution in [0.15, 0.2) is 66.7 Å². The Morgan fingerprint density at radius 2 is 1.75 bits per heavy atom. The van der Waals surface area contributed by atoms with Crippen LogP contribution >= 0.6 is 0 Å². The Hall–Kier alpha value is -3.07. The Morgan fingerprint density at radius 3 is 2.54 bits per heavy atom. The van der Waals surface area contributed by atoms with Gasteiger partial charge < -0.3 is 9.64 Å². The number of ether oxygens (including phenoxy) is 1. The summed E-state index contributed by atoms with van der Waals surface area (Å²) in [5.74, 6) is 0.984. The van der Waals surface area contributed by atoms with Crippen LogP contribution in [0.3, 0.4) is 0 Å². The standard InChI is InChI=1S/C25H25NO2/c1-18-13-21-11-12-26(17-23(21)16-24(18)28-2)25(27)22-10-6-9-20(15-22)14-19-7-4-3-5-8-19/h3-10,13,15-16H,11-12,14,17H2,1-2H3. The van der Waals surface area contributed by atoms with Crippen LogP contribution < -0.4 is 4.74 Å². The first kappa shape index (κ1) is 18.3. The highest BCUT2D eigenvalue weighted by atomic mass is 16.5. The Bertz CT molecular complexity index is 995. The second-order valence-electron chi connectivity index (χ2n) is 7.43. The van der Waals surface area contributed by atoms with Gasteiger partial charge in [-0.15, -0.1) is 0 Å². The molecule has 3 aromatic carbocycles. The maximum absolute atomic E-state index is 13.1. The molecule has 1 amide bonds.